The molecule has 1 aliphatic heterocycles. The van der Waals surface area contributed by atoms with Gasteiger partial charge in [0.05, 0.1) is 0 Å². The van der Waals surface area contributed by atoms with Crippen LogP contribution < -0.4 is 11.1 Å². The van der Waals surface area contributed by atoms with Gasteiger partial charge in [0.1, 0.15) is 5.54 Å². The molecule has 5 nitrogen and oxygen atoms in total. The number of nitrogens with two attached hydrogens (primary N) is 1. The number of nitrogens with zero attached hydrogens (tertiary/aromatic N) is 2. The number of primary amides is 1. The van der Waals surface area contributed by atoms with E-state index < -0.39 is 5.54 Å². The minimum absolute atomic E-state index is 0.236. The minimum Gasteiger partial charge on any atom is -0.368 e. The maximum atomic E-state index is 11.8. The number of hydrogen-bond donors (Lipinski definition) is 2. The number of piperazine rings is 1. The zero-order valence-corrected chi connectivity index (χ0v) is 13.2. The second kappa shape index (κ2) is 6.20. The molecule has 1 aliphatic rings. The summed E-state index contributed by atoms with van der Waals surface area (Å²) in [4.78, 5) is 16.5. The van der Waals surface area contributed by atoms with Gasteiger partial charge in [0.2, 0.25) is 5.91 Å². The summed E-state index contributed by atoms with van der Waals surface area (Å²) < 4.78 is 0. The molecule has 0 aromatic carbocycles. The highest BCUT2D eigenvalue weighted by molar-refractivity contribution is 5.84. The molecule has 1 heterocycles. The van der Waals surface area contributed by atoms with E-state index in [1.807, 2.05) is 20.8 Å². The lowest BCUT2D eigenvalue weighted by molar-refractivity contribution is -0.125. The second-order valence-electron chi connectivity index (χ2n) is 6.55. The van der Waals surface area contributed by atoms with E-state index in [2.05, 4.69) is 36.0 Å². The van der Waals surface area contributed by atoms with Crippen molar-refractivity contribution in [2.24, 2.45) is 5.73 Å². The van der Waals surface area contributed by atoms with E-state index in [0.717, 1.165) is 13.1 Å². The molecule has 112 valence electrons. The molecule has 1 rings (SSSR count). The van der Waals surface area contributed by atoms with Crippen molar-refractivity contribution in [3.05, 3.63) is 0 Å². The highest BCUT2D eigenvalue weighted by Crippen LogP contribution is 2.16. The molecule has 0 aromatic heterocycles. The van der Waals surface area contributed by atoms with Crippen LogP contribution in [0.25, 0.3) is 0 Å². The van der Waals surface area contributed by atoms with Crippen LogP contribution in [0.5, 0.6) is 0 Å². The predicted molar refractivity (Wildman–Crippen MR) is 79.0 cm³/mol. The van der Waals surface area contributed by atoms with Crippen LogP contribution in [-0.4, -0.2) is 66.1 Å². The summed E-state index contributed by atoms with van der Waals surface area (Å²) in [6.45, 7) is 13.0. The number of likely N-dealkylation sites (N-methyl/N-ethyl adjacent to an activating group) is 1. The van der Waals surface area contributed by atoms with Crippen LogP contribution in [0.15, 0.2) is 0 Å². The van der Waals surface area contributed by atoms with Crippen molar-refractivity contribution < 1.29 is 4.79 Å². The summed E-state index contributed by atoms with van der Waals surface area (Å²) in [6, 6.07) is 1.24. The number of nitrogens with one attached hydrogen (secondary N) is 1. The van der Waals surface area contributed by atoms with Crippen molar-refractivity contribution >= 4 is 5.91 Å². The highest BCUT2D eigenvalue weighted by Gasteiger charge is 2.36. The molecule has 5 heteroatoms. The van der Waals surface area contributed by atoms with Gasteiger partial charge in [-0.2, -0.15) is 0 Å². The van der Waals surface area contributed by atoms with Gasteiger partial charge in [-0.1, -0.05) is 0 Å². The van der Waals surface area contributed by atoms with Gasteiger partial charge in [-0.3, -0.25) is 14.6 Å². The Morgan fingerprint density at radius 3 is 2.21 bits per heavy atom. The summed E-state index contributed by atoms with van der Waals surface area (Å²) >= 11 is 0. The van der Waals surface area contributed by atoms with E-state index in [9.17, 15) is 4.79 Å². The molecule has 1 fully saturated rings. The molecule has 0 spiro atoms. The zero-order valence-electron chi connectivity index (χ0n) is 13.2. The molecule has 0 aromatic rings. The maximum absolute atomic E-state index is 11.8. The van der Waals surface area contributed by atoms with E-state index in [4.69, 9.17) is 5.73 Å². The predicted octanol–water partition coefficient (Wildman–Crippen LogP) is 0.253. The van der Waals surface area contributed by atoms with Crippen LogP contribution in [0.2, 0.25) is 0 Å². The molecule has 3 unspecified atom stereocenters. The Morgan fingerprint density at radius 1 is 1.37 bits per heavy atom. The van der Waals surface area contributed by atoms with Crippen molar-refractivity contribution in [3.63, 3.8) is 0 Å². The number of carbonyl (C=O) groups is 1. The van der Waals surface area contributed by atoms with E-state index in [0.29, 0.717) is 18.6 Å². The Hall–Kier alpha value is -0.650. The Bertz CT molecular complexity index is 309. The minimum atomic E-state index is -0.663. The largest absolute Gasteiger partial charge is 0.368 e. The van der Waals surface area contributed by atoms with Gasteiger partial charge in [-0.25, -0.2) is 0 Å². The number of amides is 1. The van der Waals surface area contributed by atoms with Crippen LogP contribution in [0.4, 0.5) is 0 Å². The summed E-state index contributed by atoms with van der Waals surface area (Å²) in [5, 5.41) is 3.31. The standard InChI is InChI=1S/C14H30N4O/c1-10(2)16-14(5,13(15)19)9-18-7-11(3)17(6)12(4)8-18/h10-12,16H,7-9H2,1-6H3,(H2,15,19). The molecular weight excluding hydrogens is 240 g/mol. The number of hydrogen-bond acceptors (Lipinski definition) is 4. The molecular formula is C14H30N4O. The van der Waals surface area contributed by atoms with E-state index in [-0.39, 0.29) is 11.9 Å². The van der Waals surface area contributed by atoms with Crippen LogP contribution in [0.1, 0.15) is 34.6 Å². The summed E-state index contributed by atoms with van der Waals surface area (Å²) in [5.41, 5.74) is 4.93. The van der Waals surface area contributed by atoms with Gasteiger partial charge in [-0.05, 0) is 41.7 Å². The molecule has 1 saturated heterocycles. The lowest BCUT2D eigenvalue weighted by Crippen LogP contribution is -2.65. The third-order valence-corrected chi connectivity index (χ3v) is 4.13. The van der Waals surface area contributed by atoms with E-state index >= 15 is 0 Å². The van der Waals surface area contributed by atoms with Crippen molar-refractivity contribution in [1.29, 1.82) is 0 Å². The second-order valence-corrected chi connectivity index (χ2v) is 6.55. The highest BCUT2D eigenvalue weighted by atomic mass is 16.1. The Labute approximate surface area is 117 Å². The van der Waals surface area contributed by atoms with Gasteiger partial charge >= 0.3 is 0 Å². The Kier molecular flexibility index (Phi) is 5.35. The van der Waals surface area contributed by atoms with Gasteiger partial charge < -0.3 is 11.1 Å². The lowest BCUT2D eigenvalue weighted by atomic mass is 9.97. The normalized spacial score (nSPS) is 29.4. The molecule has 0 saturated carbocycles. The van der Waals surface area contributed by atoms with Gasteiger partial charge in [-0.15, -0.1) is 0 Å². The number of carbonyl (C=O) groups excluding carboxylic acids is 1. The molecule has 0 bridgehead atoms. The van der Waals surface area contributed by atoms with Crippen LogP contribution in [-0.2, 0) is 4.79 Å². The van der Waals surface area contributed by atoms with Crippen LogP contribution >= 0.6 is 0 Å². The fourth-order valence-corrected chi connectivity index (χ4v) is 2.92. The first kappa shape index (κ1) is 16.4. The quantitative estimate of drug-likeness (QED) is 0.752. The average Bonchev–Trinajstić information content (AvgIpc) is 2.24. The Morgan fingerprint density at radius 2 is 1.84 bits per heavy atom. The van der Waals surface area contributed by atoms with Crippen LogP contribution in [0, 0.1) is 0 Å². The first-order valence-corrected chi connectivity index (χ1v) is 7.17. The van der Waals surface area contributed by atoms with Gasteiger partial charge in [0, 0.05) is 37.8 Å². The maximum Gasteiger partial charge on any atom is 0.238 e. The number of rotatable bonds is 5. The fraction of sp³-hybridized carbons (Fsp3) is 0.929. The summed E-state index contributed by atoms with van der Waals surface area (Å²) in [6.07, 6.45) is 0. The van der Waals surface area contributed by atoms with Crippen molar-refractivity contribution in [2.75, 3.05) is 26.7 Å². The molecule has 3 atom stereocenters. The topological polar surface area (TPSA) is 61.6 Å². The third-order valence-electron chi connectivity index (χ3n) is 4.13. The van der Waals surface area contributed by atoms with Crippen molar-refractivity contribution in [3.8, 4) is 0 Å². The van der Waals surface area contributed by atoms with Crippen LogP contribution in [0.3, 0.4) is 0 Å². The van der Waals surface area contributed by atoms with E-state index in [1.54, 1.807) is 0 Å². The van der Waals surface area contributed by atoms with Gasteiger partial charge in [0.25, 0.3) is 0 Å². The summed E-state index contributed by atoms with van der Waals surface area (Å²) in [5.74, 6) is -0.277. The van der Waals surface area contributed by atoms with Gasteiger partial charge in [0.15, 0.2) is 0 Å². The molecule has 0 radical (unpaired) electrons. The molecule has 3 N–H and O–H groups in total. The molecule has 1 amide bonds. The molecule has 0 aliphatic carbocycles. The van der Waals surface area contributed by atoms with Crippen molar-refractivity contribution in [1.82, 2.24) is 15.1 Å². The Balaban J connectivity index is 2.72. The zero-order chi connectivity index (χ0) is 14.8. The van der Waals surface area contributed by atoms with Crippen molar-refractivity contribution in [2.45, 2.75) is 58.3 Å². The average molecular weight is 270 g/mol. The monoisotopic (exact) mass is 270 g/mol. The SMILES string of the molecule is CC(C)NC(C)(CN1CC(C)N(C)C(C)C1)C(N)=O. The smallest absolute Gasteiger partial charge is 0.238 e. The lowest BCUT2D eigenvalue weighted by Gasteiger charge is -2.45. The van der Waals surface area contributed by atoms with E-state index in [1.165, 1.54) is 0 Å². The summed E-state index contributed by atoms with van der Waals surface area (Å²) in [7, 11) is 2.16. The molecule has 19 heavy (non-hydrogen) atoms. The first-order chi connectivity index (χ1) is 8.65. The third kappa shape index (κ3) is 4.16. The first-order valence-electron chi connectivity index (χ1n) is 7.17. The fourth-order valence-electron chi connectivity index (χ4n) is 2.92.